The second kappa shape index (κ2) is 6.36. The molecule has 118 valence electrons. The zero-order valence-electron chi connectivity index (χ0n) is 12.5. The van der Waals surface area contributed by atoms with Crippen LogP contribution in [0.1, 0.15) is 48.4 Å². The van der Waals surface area contributed by atoms with Crippen molar-refractivity contribution in [2.45, 2.75) is 51.7 Å². The summed E-state index contributed by atoms with van der Waals surface area (Å²) in [5.74, 6) is 4.72. The molecular weight excluding hydrogens is 277 g/mol. The van der Waals surface area contributed by atoms with E-state index in [0.29, 0.717) is 12.8 Å². The van der Waals surface area contributed by atoms with Crippen molar-refractivity contribution >= 4 is 0 Å². The standard InChI is InChI=1S/C16H23F3N2/c1-10-3-4-11(2)14(9-10)15(21-20)12-5-7-13(8-6-12)16(17,18)19/h3-4,9,12-13,15,21H,5-8,20H2,1-2H3. The predicted octanol–water partition coefficient (Wildman–Crippen LogP) is 4.18. The van der Waals surface area contributed by atoms with Crippen LogP contribution in [0.25, 0.3) is 0 Å². The monoisotopic (exact) mass is 300 g/mol. The number of nitrogens with two attached hydrogens (primary N) is 1. The molecular formula is C16H23F3N2. The van der Waals surface area contributed by atoms with Crippen LogP contribution >= 0.6 is 0 Å². The first kappa shape index (κ1) is 16.3. The summed E-state index contributed by atoms with van der Waals surface area (Å²) in [4.78, 5) is 0. The van der Waals surface area contributed by atoms with Crippen molar-refractivity contribution in [3.63, 3.8) is 0 Å². The number of nitrogens with one attached hydrogen (secondary N) is 1. The molecule has 0 bridgehead atoms. The molecule has 0 spiro atoms. The highest BCUT2D eigenvalue weighted by Crippen LogP contribution is 2.43. The molecule has 21 heavy (non-hydrogen) atoms. The molecule has 0 aliphatic heterocycles. The Hall–Kier alpha value is -1.07. The summed E-state index contributed by atoms with van der Waals surface area (Å²) < 4.78 is 38.3. The quantitative estimate of drug-likeness (QED) is 0.649. The summed E-state index contributed by atoms with van der Waals surface area (Å²) in [5, 5.41) is 0. The Morgan fingerprint density at radius 1 is 1.14 bits per heavy atom. The molecule has 2 rings (SSSR count). The lowest BCUT2D eigenvalue weighted by Gasteiger charge is -2.35. The Balaban J connectivity index is 2.11. The lowest BCUT2D eigenvalue weighted by molar-refractivity contribution is -0.184. The number of alkyl halides is 3. The fourth-order valence-corrected chi connectivity index (χ4v) is 3.35. The first-order chi connectivity index (χ1) is 9.82. The van der Waals surface area contributed by atoms with E-state index in [1.165, 1.54) is 0 Å². The van der Waals surface area contributed by atoms with E-state index >= 15 is 0 Å². The Bertz CT molecular complexity index is 477. The summed E-state index contributed by atoms with van der Waals surface area (Å²) in [5.41, 5.74) is 6.20. The van der Waals surface area contributed by atoms with Crippen LogP contribution < -0.4 is 11.3 Å². The van der Waals surface area contributed by atoms with Crippen LogP contribution in [-0.4, -0.2) is 6.18 Å². The minimum atomic E-state index is -4.06. The van der Waals surface area contributed by atoms with Crippen molar-refractivity contribution in [3.05, 3.63) is 34.9 Å². The van der Waals surface area contributed by atoms with Gasteiger partial charge in [-0.05, 0) is 56.6 Å². The molecule has 1 aromatic carbocycles. The Labute approximate surface area is 123 Å². The number of hydrazine groups is 1. The molecule has 0 radical (unpaired) electrons. The van der Waals surface area contributed by atoms with Gasteiger partial charge < -0.3 is 0 Å². The summed E-state index contributed by atoms with van der Waals surface area (Å²) >= 11 is 0. The molecule has 1 aromatic rings. The Morgan fingerprint density at radius 3 is 2.29 bits per heavy atom. The maximum atomic E-state index is 12.8. The van der Waals surface area contributed by atoms with Crippen LogP contribution in [0.4, 0.5) is 13.2 Å². The molecule has 0 saturated heterocycles. The predicted molar refractivity (Wildman–Crippen MR) is 77.5 cm³/mol. The number of halogens is 3. The second-order valence-electron chi connectivity index (χ2n) is 6.16. The first-order valence-electron chi connectivity index (χ1n) is 7.43. The summed E-state index contributed by atoms with van der Waals surface area (Å²) in [6.45, 7) is 4.03. The van der Waals surface area contributed by atoms with Gasteiger partial charge in [-0.1, -0.05) is 23.8 Å². The van der Waals surface area contributed by atoms with E-state index < -0.39 is 12.1 Å². The third-order valence-electron chi connectivity index (χ3n) is 4.66. The highest BCUT2D eigenvalue weighted by atomic mass is 19.4. The number of aryl methyl sites for hydroxylation is 2. The third kappa shape index (κ3) is 3.77. The third-order valence-corrected chi connectivity index (χ3v) is 4.66. The van der Waals surface area contributed by atoms with Crippen molar-refractivity contribution in [3.8, 4) is 0 Å². The van der Waals surface area contributed by atoms with Gasteiger partial charge >= 0.3 is 6.18 Å². The van der Waals surface area contributed by atoms with Crippen molar-refractivity contribution in [1.29, 1.82) is 0 Å². The van der Waals surface area contributed by atoms with E-state index in [1.54, 1.807) is 0 Å². The molecule has 1 fully saturated rings. The van der Waals surface area contributed by atoms with Gasteiger partial charge in [0.2, 0.25) is 0 Å². The van der Waals surface area contributed by atoms with Gasteiger partial charge in [0.25, 0.3) is 0 Å². The molecule has 2 nitrogen and oxygen atoms in total. The number of hydrogen-bond acceptors (Lipinski definition) is 2. The maximum Gasteiger partial charge on any atom is 0.391 e. The van der Waals surface area contributed by atoms with Gasteiger partial charge in [0, 0.05) is 6.04 Å². The summed E-state index contributed by atoms with van der Waals surface area (Å²) in [7, 11) is 0. The van der Waals surface area contributed by atoms with Gasteiger partial charge in [0.15, 0.2) is 0 Å². The van der Waals surface area contributed by atoms with E-state index in [-0.39, 0.29) is 24.8 Å². The molecule has 1 aliphatic carbocycles. The lowest BCUT2D eigenvalue weighted by atomic mass is 9.76. The van der Waals surface area contributed by atoms with E-state index in [9.17, 15) is 13.2 Å². The van der Waals surface area contributed by atoms with Crippen LogP contribution in [0, 0.1) is 25.7 Å². The number of rotatable bonds is 3. The molecule has 1 aliphatic rings. The molecule has 0 aromatic heterocycles. The average Bonchev–Trinajstić information content (AvgIpc) is 2.43. The molecule has 3 N–H and O–H groups in total. The summed E-state index contributed by atoms with van der Waals surface area (Å²) in [6.07, 6.45) is -2.52. The minimum absolute atomic E-state index is 0.0703. The second-order valence-corrected chi connectivity index (χ2v) is 6.16. The SMILES string of the molecule is Cc1ccc(C)c(C(NN)C2CCC(C(F)(F)F)CC2)c1. The highest BCUT2D eigenvalue weighted by molar-refractivity contribution is 5.33. The van der Waals surface area contributed by atoms with Crippen molar-refractivity contribution < 1.29 is 13.2 Å². The Kier molecular flexibility index (Phi) is 4.94. The minimum Gasteiger partial charge on any atom is -0.271 e. The van der Waals surface area contributed by atoms with Gasteiger partial charge in [-0.2, -0.15) is 13.2 Å². The van der Waals surface area contributed by atoms with E-state index in [0.717, 1.165) is 16.7 Å². The molecule has 5 heteroatoms. The van der Waals surface area contributed by atoms with E-state index in [1.807, 2.05) is 26.0 Å². The number of benzene rings is 1. The topological polar surface area (TPSA) is 38.0 Å². The smallest absolute Gasteiger partial charge is 0.271 e. The van der Waals surface area contributed by atoms with E-state index in [4.69, 9.17) is 5.84 Å². The van der Waals surface area contributed by atoms with Gasteiger partial charge in [0.1, 0.15) is 0 Å². The fraction of sp³-hybridized carbons (Fsp3) is 0.625. The maximum absolute atomic E-state index is 12.8. The molecule has 0 amide bonds. The normalized spacial score (nSPS) is 24.9. The van der Waals surface area contributed by atoms with Crippen molar-refractivity contribution in [2.24, 2.45) is 17.7 Å². The lowest BCUT2D eigenvalue weighted by Crippen LogP contribution is -2.37. The van der Waals surface area contributed by atoms with Crippen LogP contribution in [0.3, 0.4) is 0 Å². The van der Waals surface area contributed by atoms with Crippen molar-refractivity contribution in [2.75, 3.05) is 0 Å². The molecule has 1 saturated carbocycles. The van der Waals surface area contributed by atoms with Gasteiger partial charge in [-0.25, -0.2) is 0 Å². The zero-order chi connectivity index (χ0) is 15.6. The molecule has 0 heterocycles. The van der Waals surface area contributed by atoms with Gasteiger partial charge in [0.05, 0.1) is 5.92 Å². The van der Waals surface area contributed by atoms with Crippen LogP contribution in [-0.2, 0) is 0 Å². The van der Waals surface area contributed by atoms with Crippen LogP contribution in [0.15, 0.2) is 18.2 Å². The molecule has 1 atom stereocenters. The van der Waals surface area contributed by atoms with Gasteiger partial charge in [-0.15, -0.1) is 0 Å². The number of hydrogen-bond donors (Lipinski definition) is 2. The van der Waals surface area contributed by atoms with Crippen LogP contribution in [0.2, 0.25) is 0 Å². The van der Waals surface area contributed by atoms with Crippen LogP contribution in [0.5, 0.6) is 0 Å². The first-order valence-corrected chi connectivity index (χ1v) is 7.43. The Morgan fingerprint density at radius 2 is 1.76 bits per heavy atom. The fourth-order valence-electron chi connectivity index (χ4n) is 3.35. The van der Waals surface area contributed by atoms with Gasteiger partial charge in [-0.3, -0.25) is 11.3 Å². The molecule has 1 unspecified atom stereocenters. The zero-order valence-corrected chi connectivity index (χ0v) is 12.5. The highest BCUT2D eigenvalue weighted by Gasteiger charge is 2.42. The van der Waals surface area contributed by atoms with Crippen molar-refractivity contribution in [1.82, 2.24) is 5.43 Å². The summed E-state index contributed by atoms with van der Waals surface area (Å²) in [6, 6.07) is 6.08. The largest absolute Gasteiger partial charge is 0.391 e. The van der Waals surface area contributed by atoms with E-state index in [2.05, 4.69) is 11.5 Å². The average molecular weight is 300 g/mol.